The molecular formula is C39H67NO8. The van der Waals surface area contributed by atoms with E-state index in [-0.39, 0.29) is 12.3 Å². The molecule has 1 aromatic rings. The number of aliphatic hydroxyl groups excluding tert-OH is 6. The number of hydrogen-bond acceptors (Lipinski definition) is 8. The van der Waals surface area contributed by atoms with E-state index in [0.717, 1.165) is 51.4 Å². The molecule has 9 nitrogen and oxygen atoms in total. The highest BCUT2D eigenvalue weighted by Crippen LogP contribution is 2.23. The maximum Gasteiger partial charge on any atom is 0.220 e. The van der Waals surface area contributed by atoms with Gasteiger partial charge in [-0.15, -0.1) is 0 Å². The molecule has 1 aliphatic rings. The molecule has 1 aromatic carbocycles. The van der Waals surface area contributed by atoms with Crippen molar-refractivity contribution in [2.45, 2.75) is 184 Å². The number of nitrogens with one attached hydrogen (secondary N) is 1. The molecular weight excluding hydrogens is 610 g/mol. The Balaban J connectivity index is 1.80. The number of aryl methyl sites for hydroxylation is 1. The van der Waals surface area contributed by atoms with Crippen molar-refractivity contribution in [2.24, 2.45) is 0 Å². The van der Waals surface area contributed by atoms with Crippen molar-refractivity contribution in [3.8, 4) is 0 Å². The fraction of sp³-hybridized carbons (Fsp3) is 0.769. The quantitative estimate of drug-likeness (QED) is 0.0490. The zero-order chi connectivity index (χ0) is 35.0. The average Bonchev–Trinajstić information content (AvgIpc) is 3.09. The van der Waals surface area contributed by atoms with Crippen LogP contribution in [0.25, 0.3) is 0 Å². The third-order valence-electron chi connectivity index (χ3n) is 9.59. The monoisotopic (exact) mass is 677 g/mol. The van der Waals surface area contributed by atoms with Crippen LogP contribution < -0.4 is 5.32 Å². The summed E-state index contributed by atoms with van der Waals surface area (Å²) in [7, 11) is 0. The molecule has 276 valence electrons. The second kappa shape index (κ2) is 26.0. The van der Waals surface area contributed by atoms with Crippen LogP contribution in [0.5, 0.6) is 0 Å². The van der Waals surface area contributed by atoms with Gasteiger partial charge in [0.1, 0.15) is 36.6 Å². The minimum Gasteiger partial charge on any atom is -0.394 e. The molecule has 2 rings (SSSR count). The second-order valence-corrected chi connectivity index (χ2v) is 13.8. The molecule has 1 heterocycles. The van der Waals surface area contributed by atoms with Gasteiger partial charge in [0.25, 0.3) is 0 Å². The Labute approximate surface area is 289 Å². The van der Waals surface area contributed by atoms with E-state index in [1.54, 1.807) is 0 Å². The second-order valence-electron chi connectivity index (χ2n) is 13.8. The Morgan fingerprint density at radius 3 is 1.94 bits per heavy atom. The highest BCUT2D eigenvalue weighted by molar-refractivity contribution is 5.76. The predicted molar refractivity (Wildman–Crippen MR) is 190 cm³/mol. The van der Waals surface area contributed by atoms with E-state index in [4.69, 9.17) is 4.74 Å². The normalized spacial score (nSPS) is 23.3. The SMILES string of the molecule is CCCCCCCCCCCCCC[C@@H](O)[C@@H](O)[C@H](C=C[C@H]1OC(CO)[C@H](O)[C@H](O)C1O)NC(=O)CCCCCCCc1ccccc1. The summed E-state index contributed by atoms with van der Waals surface area (Å²) >= 11 is 0. The minimum absolute atomic E-state index is 0.251. The smallest absolute Gasteiger partial charge is 0.220 e. The summed E-state index contributed by atoms with van der Waals surface area (Å²) in [6, 6.07) is 9.44. The van der Waals surface area contributed by atoms with Crippen LogP contribution in [0, 0.1) is 0 Å². The summed E-state index contributed by atoms with van der Waals surface area (Å²) in [4.78, 5) is 12.9. The highest BCUT2D eigenvalue weighted by atomic mass is 16.5. The fourth-order valence-corrected chi connectivity index (χ4v) is 6.42. The van der Waals surface area contributed by atoms with Gasteiger partial charge in [-0.05, 0) is 31.2 Å². The summed E-state index contributed by atoms with van der Waals surface area (Å²) in [6.45, 7) is 1.68. The van der Waals surface area contributed by atoms with Gasteiger partial charge in [-0.2, -0.15) is 0 Å². The van der Waals surface area contributed by atoms with Crippen LogP contribution in [0.3, 0.4) is 0 Å². The summed E-state index contributed by atoms with van der Waals surface area (Å²) < 4.78 is 5.56. The van der Waals surface area contributed by atoms with Gasteiger partial charge in [-0.3, -0.25) is 4.79 Å². The zero-order valence-electron chi connectivity index (χ0n) is 29.5. The molecule has 7 N–H and O–H groups in total. The van der Waals surface area contributed by atoms with E-state index in [1.165, 1.54) is 75.5 Å². The van der Waals surface area contributed by atoms with Gasteiger partial charge in [0.05, 0.1) is 18.8 Å². The van der Waals surface area contributed by atoms with Crippen LogP contribution in [-0.2, 0) is 16.0 Å². The maximum absolute atomic E-state index is 12.9. The lowest BCUT2D eigenvalue weighted by Crippen LogP contribution is -2.58. The summed E-state index contributed by atoms with van der Waals surface area (Å²) in [6.07, 6.45) is 14.8. The van der Waals surface area contributed by atoms with Gasteiger partial charge in [-0.1, -0.05) is 146 Å². The van der Waals surface area contributed by atoms with E-state index >= 15 is 0 Å². The largest absolute Gasteiger partial charge is 0.394 e. The Hall–Kier alpha value is -1.85. The van der Waals surface area contributed by atoms with E-state index in [2.05, 4.69) is 36.5 Å². The summed E-state index contributed by atoms with van der Waals surface area (Å²) in [5.41, 5.74) is 1.33. The topological polar surface area (TPSA) is 160 Å². The first kappa shape index (κ1) is 42.3. The first-order chi connectivity index (χ1) is 23.3. The molecule has 9 heteroatoms. The number of ether oxygens (including phenoxy) is 1. The van der Waals surface area contributed by atoms with Gasteiger partial charge in [-0.25, -0.2) is 0 Å². The van der Waals surface area contributed by atoms with Crippen LogP contribution in [0.4, 0.5) is 0 Å². The number of amides is 1. The van der Waals surface area contributed by atoms with Crippen molar-refractivity contribution in [2.75, 3.05) is 6.61 Å². The zero-order valence-corrected chi connectivity index (χ0v) is 29.5. The van der Waals surface area contributed by atoms with E-state index in [0.29, 0.717) is 12.8 Å². The van der Waals surface area contributed by atoms with Gasteiger partial charge in [0.15, 0.2) is 0 Å². The standard InChI is InChI=1S/C39H67NO8/c1-2-3-4-5-6-7-8-9-10-11-14-20-25-32(42)36(44)31(27-28-33-37(45)39(47)38(46)34(29-41)48-33)40-35(43)26-21-15-12-13-17-22-30-23-18-16-19-24-30/h16,18-19,23-24,27-28,31-34,36-39,41-42,44-47H,2-15,17,20-22,25-26,29H2,1H3,(H,40,43)/t31-,32+,33+,34?,36-,37?,38-,39+/m0/s1. The lowest BCUT2D eigenvalue weighted by molar-refractivity contribution is -0.216. The number of rotatable bonds is 27. The molecule has 8 atom stereocenters. The molecule has 0 bridgehead atoms. The molecule has 1 fully saturated rings. The molecule has 0 spiro atoms. The third kappa shape index (κ3) is 17.2. The Morgan fingerprint density at radius 2 is 1.33 bits per heavy atom. The van der Waals surface area contributed by atoms with Crippen molar-refractivity contribution in [1.29, 1.82) is 0 Å². The number of aliphatic hydroxyl groups is 6. The van der Waals surface area contributed by atoms with E-state index in [1.807, 2.05) is 6.07 Å². The predicted octanol–water partition coefficient (Wildman–Crippen LogP) is 5.27. The van der Waals surface area contributed by atoms with Crippen molar-refractivity contribution in [3.05, 3.63) is 48.0 Å². The number of unbranched alkanes of at least 4 members (excludes halogenated alkanes) is 15. The molecule has 48 heavy (non-hydrogen) atoms. The van der Waals surface area contributed by atoms with Gasteiger partial charge in [0, 0.05) is 6.42 Å². The molecule has 0 aromatic heterocycles. The molecule has 0 radical (unpaired) electrons. The lowest BCUT2D eigenvalue weighted by atomic mass is 9.93. The van der Waals surface area contributed by atoms with Gasteiger partial charge >= 0.3 is 0 Å². The van der Waals surface area contributed by atoms with Gasteiger partial charge in [0.2, 0.25) is 5.91 Å². The average molecular weight is 678 g/mol. The van der Waals surface area contributed by atoms with Crippen molar-refractivity contribution >= 4 is 5.91 Å². The van der Waals surface area contributed by atoms with Crippen LogP contribution in [0.15, 0.2) is 42.5 Å². The Kier molecular flexibility index (Phi) is 22.9. The van der Waals surface area contributed by atoms with Gasteiger partial charge < -0.3 is 40.7 Å². The van der Waals surface area contributed by atoms with Crippen LogP contribution in [-0.4, -0.2) is 91.9 Å². The molecule has 2 unspecified atom stereocenters. The maximum atomic E-state index is 12.9. The first-order valence-electron chi connectivity index (χ1n) is 19.0. The Bertz CT molecular complexity index is 961. The number of benzene rings is 1. The van der Waals surface area contributed by atoms with E-state index < -0.39 is 55.4 Å². The number of carbonyl (C=O) groups excluding carboxylic acids is 1. The molecule has 1 aliphatic heterocycles. The molecule has 1 saturated heterocycles. The molecule has 0 saturated carbocycles. The summed E-state index contributed by atoms with van der Waals surface area (Å²) in [5.74, 6) is -0.251. The van der Waals surface area contributed by atoms with Crippen molar-refractivity contribution in [1.82, 2.24) is 5.32 Å². The molecule has 0 aliphatic carbocycles. The van der Waals surface area contributed by atoms with Crippen molar-refractivity contribution in [3.63, 3.8) is 0 Å². The molecule has 1 amide bonds. The van der Waals surface area contributed by atoms with Crippen LogP contribution in [0.1, 0.15) is 134 Å². The summed E-state index contributed by atoms with van der Waals surface area (Å²) in [5, 5.41) is 65.0. The van der Waals surface area contributed by atoms with Crippen molar-refractivity contribution < 1.29 is 40.2 Å². The Morgan fingerprint density at radius 1 is 0.771 bits per heavy atom. The number of hydrogen-bond donors (Lipinski definition) is 7. The minimum atomic E-state index is -1.53. The number of carbonyl (C=O) groups is 1. The highest BCUT2D eigenvalue weighted by Gasteiger charge is 2.42. The third-order valence-corrected chi connectivity index (χ3v) is 9.59. The van der Waals surface area contributed by atoms with Crippen LogP contribution in [0.2, 0.25) is 0 Å². The fourth-order valence-electron chi connectivity index (χ4n) is 6.42. The first-order valence-corrected chi connectivity index (χ1v) is 19.0. The van der Waals surface area contributed by atoms with E-state index in [9.17, 15) is 35.4 Å². The lowest BCUT2D eigenvalue weighted by Gasteiger charge is -2.39. The van der Waals surface area contributed by atoms with Crippen LogP contribution >= 0.6 is 0 Å².